The van der Waals surface area contributed by atoms with E-state index in [9.17, 15) is 66.3 Å². The van der Waals surface area contributed by atoms with Gasteiger partial charge in [0.05, 0.1) is 67.0 Å². The summed E-state index contributed by atoms with van der Waals surface area (Å²) in [7, 11) is 5.14. The van der Waals surface area contributed by atoms with E-state index in [0.717, 1.165) is 61.0 Å². The van der Waals surface area contributed by atoms with E-state index in [2.05, 4.69) is 77.0 Å². The summed E-state index contributed by atoms with van der Waals surface area (Å²) in [6.07, 6.45) is 17.6. The van der Waals surface area contributed by atoms with Crippen LogP contribution in [0.4, 0.5) is 50.3 Å². The average Bonchev–Trinajstić information content (AvgIpc) is 1.63. The first-order chi connectivity index (χ1) is 61.4. The van der Waals surface area contributed by atoms with E-state index in [1.54, 1.807) is 50.4 Å². The van der Waals surface area contributed by atoms with E-state index in [-0.39, 0.29) is 55.3 Å². The molecule has 0 aliphatic heterocycles. The van der Waals surface area contributed by atoms with E-state index in [0.29, 0.717) is 104 Å². The summed E-state index contributed by atoms with van der Waals surface area (Å²) in [4.78, 5) is 63.9. The Balaban J connectivity index is 0.000000182. The lowest BCUT2D eigenvalue weighted by Crippen LogP contribution is -2.35. The molecule has 702 valence electrons. The third kappa shape index (κ3) is 26.2. The Morgan fingerprint density at radius 1 is 0.450 bits per heavy atom. The number of amidine groups is 1. The van der Waals surface area contributed by atoms with Gasteiger partial charge in [0.2, 0.25) is 0 Å². The van der Waals surface area contributed by atoms with Gasteiger partial charge >= 0.3 is 28.1 Å². The Kier molecular flexibility index (Phi) is 32.4. The number of halogens is 3. The minimum Gasteiger partial charge on any atom is -0.845 e. The van der Waals surface area contributed by atoms with Crippen LogP contribution in [0.1, 0.15) is 154 Å². The van der Waals surface area contributed by atoms with Gasteiger partial charge in [0.1, 0.15) is 36.7 Å². The number of rotatable bonds is 27. The van der Waals surface area contributed by atoms with Gasteiger partial charge in [-0.25, -0.2) is 61.7 Å². The smallest absolute Gasteiger partial charge is 0.333 e. The van der Waals surface area contributed by atoms with Crippen LogP contribution in [0.5, 0.6) is 0 Å². The minimum absolute atomic E-state index is 0.0776. The highest BCUT2D eigenvalue weighted by atomic mass is 32.2. The lowest BCUT2D eigenvalue weighted by molar-refractivity contribution is -0.884. The van der Waals surface area contributed by atoms with Crippen LogP contribution in [-0.4, -0.2) is 204 Å². The number of hydrogen-bond acceptors (Lipinski definition) is 24. The number of sulfonamides is 4. The Hall–Kier alpha value is -12.5. The Labute approximate surface area is 761 Å². The zero-order chi connectivity index (χ0) is 96.3. The molecule has 7 heterocycles. The highest BCUT2D eigenvalue weighted by Gasteiger charge is 2.32. The largest absolute Gasteiger partial charge is 0.845 e. The second-order valence-corrected chi connectivity index (χ2v) is 41.0. The zero-order valence-electron chi connectivity index (χ0n) is 76.7. The fourth-order valence-electron chi connectivity index (χ4n) is 14.8. The number of amides is 6. The number of aromatic nitrogens is 13. The molecule has 2 aliphatic rings. The van der Waals surface area contributed by atoms with Gasteiger partial charge in [-0.3, -0.25) is 23.7 Å². The van der Waals surface area contributed by atoms with Crippen LogP contribution in [-0.2, 0) is 113 Å². The molecule has 4 aromatic carbocycles. The topological polar surface area (TPSA) is 453 Å². The Morgan fingerprint density at radius 3 is 1.17 bits per heavy atom. The summed E-state index contributed by atoms with van der Waals surface area (Å²) < 4.78 is 162. The number of nitrogens with zero attached hydrogens (tertiary/aromatic N) is 18. The van der Waals surface area contributed by atoms with Crippen molar-refractivity contribution in [2.24, 2.45) is 25.5 Å². The van der Waals surface area contributed by atoms with E-state index in [1.165, 1.54) is 123 Å². The molecule has 0 atom stereocenters. The summed E-state index contributed by atoms with van der Waals surface area (Å²) in [6, 6.07) is 15.2. The summed E-state index contributed by atoms with van der Waals surface area (Å²) >= 11 is 0. The maximum absolute atomic E-state index is 14.4. The van der Waals surface area contributed by atoms with E-state index >= 15 is 0 Å². The number of carbonyl (C=O) groups excluding carboxylic acids is 3. The van der Waals surface area contributed by atoms with Gasteiger partial charge in [-0.1, -0.05) is 53.7 Å². The third-order valence-corrected chi connectivity index (χ3v) is 25.3. The van der Waals surface area contributed by atoms with Crippen LogP contribution in [0.15, 0.2) is 153 Å². The van der Waals surface area contributed by atoms with Gasteiger partial charge in [0.15, 0.2) is 20.1 Å². The van der Waals surface area contributed by atoms with Crippen LogP contribution >= 0.6 is 0 Å². The number of pyridine rings is 1. The highest BCUT2D eigenvalue weighted by molar-refractivity contribution is 7.91. The van der Waals surface area contributed by atoms with Gasteiger partial charge < -0.3 is 45.6 Å². The maximum atomic E-state index is 14.4. The molecule has 6 amide bonds. The molecular formula is C87H112F3N25O12S4. The molecule has 44 heteroatoms. The molecular weight excluding hydrogens is 1770 g/mol. The first-order valence-electron chi connectivity index (χ1n) is 41.7. The van der Waals surface area contributed by atoms with Crippen LogP contribution in [0, 0.1) is 17.5 Å². The fourth-order valence-corrected chi connectivity index (χ4v) is 18.4. The molecule has 0 spiro atoms. The maximum Gasteiger partial charge on any atom is 0.333 e. The zero-order valence-corrected chi connectivity index (χ0v) is 80.0. The molecule has 0 fully saturated rings. The minimum atomic E-state index is -4.28. The van der Waals surface area contributed by atoms with E-state index < -0.39 is 81.7 Å². The Bertz CT molecular complexity index is 6270. The number of quaternary nitrogens is 1. The second-order valence-electron chi connectivity index (χ2n) is 34.6. The summed E-state index contributed by atoms with van der Waals surface area (Å²) in [5.41, 5.74) is 13.3. The molecule has 131 heavy (non-hydrogen) atoms. The lowest BCUT2D eigenvalue weighted by Gasteiger charge is -2.23. The molecule has 37 nitrogen and oxygen atoms in total. The van der Waals surface area contributed by atoms with Crippen molar-refractivity contribution in [1.82, 2.24) is 92.9 Å². The van der Waals surface area contributed by atoms with Crippen molar-refractivity contribution in [2.45, 2.75) is 164 Å². The number of nitrogens with one attached hydrogen (secondary N) is 7. The van der Waals surface area contributed by atoms with Crippen LogP contribution in [0.25, 0.3) is 33.4 Å². The quantitative estimate of drug-likeness (QED) is 0.0143. The van der Waals surface area contributed by atoms with Crippen LogP contribution < -0.4 is 40.5 Å². The van der Waals surface area contributed by atoms with Gasteiger partial charge in [0.25, 0.3) is 30.1 Å². The number of benzene rings is 4. The first kappa shape index (κ1) is 101. The van der Waals surface area contributed by atoms with E-state index in [4.69, 9.17) is 0 Å². The highest BCUT2D eigenvalue weighted by Crippen LogP contribution is 2.42. The Morgan fingerprint density at radius 2 is 0.802 bits per heavy atom. The van der Waals surface area contributed by atoms with Crippen molar-refractivity contribution in [3.05, 3.63) is 208 Å². The van der Waals surface area contributed by atoms with Crippen LogP contribution in [0.2, 0.25) is 0 Å². The van der Waals surface area contributed by atoms with Gasteiger partial charge in [0, 0.05) is 147 Å². The summed E-state index contributed by atoms with van der Waals surface area (Å²) in [6.45, 7) is 16.8. The second kappa shape index (κ2) is 42.2. The van der Waals surface area contributed by atoms with Crippen LogP contribution in [0.3, 0.4) is 0 Å². The molecule has 7 N–H and O–H groups in total. The molecule has 0 saturated carbocycles. The number of aryl methyl sites for hydroxylation is 5. The molecule has 7 aromatic heterocycles. The first-order valence-corrected chi connectivity index (χ1v) is 47.6. The van der Waals surface area contributed by atoms with Gasteiger partial charge in [-0.15, -0.1) is 0 Å². The van der Waals surface area contributed by atoms with Gasteiger partial charge in [-0.05, 0) is 194 Å². The number of anilines is 4. The number of hydrogen-bond donors (Lipinski definition) is 7. The normalized spacial score (nSPS) is 12.9. The molecule has 0 saturated heterocycles. The number of carbonyl (C=O) groups is 3. The monoisotopic (exact) mass is 1880 g/mol. The van der Waals surface area contributed by atoms with E-state index in [1.807, 2.05) is 148 Å². The third-order valence-electron chi connectivity index (χ3n) is 20.6. The van der Waals surface area contributed by atoms with Crippen molar-refractivity contribution in [3.8, 4) is 33.4 Å². The summed E-state index contributed by atoms with van der Waals surface area (Å²) in [5, 5.41) is 38.5. The predicted molar refractivity (Wildman–Crippen MR) is 490 cm³/mol. The van der Waals surface area contributed by atoms with Crippen molar-refractivity contribution in [1.29, 1.82) is 0 Å². The van der Waals surface area contributed by atoms with Crippen molar-refractivity contribution in [2.75, 3.05) is 84.7 Å². The molecule has 2 aliphatic carbocycles. The fraction of sp³-hybridized carbons (Fsp3) is 0.391. The molecule has 0 unspecified atom stereocenters. The standard InChI is InChI=1S/C23H30FN7O3S.C22H27FN6O3S.C21H26FN7O3S.C21H29N5O3S/c1-14(2)19-7-17(24)8-20(16-10-25-13-26-11-16)22(19)27-23(32)29-35(33,34)21-9-18(12-30(5)6)31(28-21)15(3)4;1-14(2)18-9-16(23)10-19(15-7-6-8-24-12-15)21(18)25-22(30)27-33(31,32)20-11-17(13-28(3)4)29(5)26-20;1-13(2)17-6-15(22)7-18(14-9-23-12-24-10-14)20(17)25-21(30)27-33(31,32)19-8-16(11-28(3)4)29(5)26-19;1-25-16(13-26(2,3)4)12-19(23-25)30(28,29)24-21(27)22-20-17-9-5-7-14(17)11-15-8-6-10-18(15)20/h7-11,13-15H,12H2,1-6H3,(H2,27,29,32);6-12,14H,13H2,1-5H3,(H2,25,27,30);6-10,12-13H,11H2,1-5H3,(H2,25,27,30);11-12H,5-10,13H2,1-4H3,(H-,22,24,27). The van der Waals surface area contributed by atoms with Crippen molar-refractivity contribution >= 4 is 87.0 Å². The molecule has 0 bridgehead atoms. The summed E-state index contributed by atoms with van der Waals surface area (Å²) in [5.74, 6) is -1.96. The van der Waals surface area contributed by atoms with Crippen molar-refractivity contribution in [3.63, 3.8) is 0 Å². The van der Waals surface area contributed by atoms with Gasteiger partial charge in [-0.2, -0.15) is 58.5 Å². The molecule has 11 aromatic rings. The molecule has 13 rings (SSSR count). The SMILES string of the molecule is CC(C)c1cc(F)cc(-c2cccnc2)c1NC(=O)NS(=O)(=O)c1cc(CN(C)C)n(C)n1.CC(C)c1cc(F)cc(-c2cncnc2)c1NC(=O)NS(=O)(=O)c1cc(CN(C)C)n(C(C)C)n1.CC(C)c1cc(F)cc(-c2cncnc2)c1NC(=O)NS(=O)(=O)c1cc(CN(C)C)n(C)n1.Cn1nc(S(=O)(=O)N=C([O-])Nc2c3c(cc4c2CCC4)CCC3)cc1C[N+](C)(C)C. The lowest BCUT2D eigenvalue weighted by atomic mass is 9.94. The molecule has 0 radical (unpaired) electrons. The predicted octanol–water partition coefficient (Wildman–Crippen LogP) is 10.9. The number of urea groups is 3. The number of fused-ring (bicyclic) bond motifs is 2. The van der Waals surface area contributed by atoms with Crippen molar-refractivity contribution < 1.29 is 70.8 Å². The average molecular weight is 1890 g/mol.